The standard InChI is InChI=1S/C29H56O4/c1-3-5-7-9-11-12-13-14-15-16-17-18-19-20-22-24-29(31)33-28(26-30)27-32-25-23-21-10-8-6-4-2/h14-15,28,30H,3-13,16-27H2,1-2H3/b15-14-. The van der Waals surface area contributed by atoms with Crippen LogP contribution in [0.5, 0.6) is 0 Å². The van der Waals surface area contributed by atoms with Crippen LogP contribution in [0.4, 0.5) is 0 Å². The first-order valence-electron chi connectivity index (χ1n) is 14.3. The van der Waals surface area contributed by atoms with Gasteiger partial charge in [0.1, 0.15) is 6.10 Å². The number of unbranched alkanes of at least 4 members (excludes halogenated alkanes) is 16. The second-order valence-electron chi connectivity index (χ2n) is 9.47. The second-order valence-corrected chi connectivity index (χ2v) is 9.47. The van der Waals surface area contributed by atoms with Gasteiger partial charge < -0.3 is 14.6 Å². The Morgan fingerprint density at radius 3 is 1.73 bits per heavy atom. The maximum atomic E-state index is 12.0. The van der Waals surface area contributed by atoms with Crippen molar-refractivity contribution in [2.45, 2.75) is 148 Å². The fourth-order valence-electron chi connectivity index (χ4n) is 3.91. The van der Waals surface area contributed by atoms with Gasteiger partial charge in [-0.1, -0.05) is 109 Å². The minimum absolute atomic E-state index is 0.172. The van der Waals surface area contributed by atoms with Crippen LogP contribution >= 0.6 is 0 Å². The van der Waals surface area contributed by atoms with Gasteiger partial charge in [-0.15, -0.1) is 0 Å². The molecule has 0 saturated heterocycles. The lowest BCUT2D eigenvalue weighted by atomic mass is 10.1. The second kappa shape index (κ2) is 27.4. The molecular weight excluding hydrogens is 412 g/mol. The van der Waals surface area contributed by atoms with Gasteiger partial charge >= 0.3 is 5.97 Å². The minimum Gasteiger partial charge on any atom is -0.457 e. The van der Waals surface area contributed by atoms with Crippen LogP contribution in [-0.4, -0.2) is 37.0 Å². The molecule has 0 aromatic rings. The summed E-state index contributed by atoms with van der Waals surface area (Å²) in [5.74, 6) is -0.213. The van der Waals surface area contributed by atoms with Gasteiger partial charge in [0.05, 0.1) is 13.2 Å². The molecule has 0 fully saturated rings. The maximum Gasteiger partial charge on any atom is 0.306 e. The third-order valence-electron chi connectivity index (χ3n) is 6.09. The number of aliphatic hydroxyl groups excluding tert-OH is 1. The lowest BCUT2D eigenvalue weighted by Gasteiger charge is -2.15. The fourth-order valence-corrected chi connectivity index (χ4v) is 3.91. The Morgan fingerprint density at radius 1 is 0.697 bits per heavy atom. The van der Waals surface area contributed by atoms with Crippen molar-refractivity contribution in [1.82, 2.24) is 0 Å². The summed E-state index contributed by atoms with van der Waals surface area (Å²) in [6.07, 6.45) is 28.1. The van der Waals surface area contributed by atoms with Crippen molar-refractivity contribution < 1.29 is 19.4 Å². The third kappa shape index (κ3) is 25.6. The highest BCUT2D eigenvalue weighted by Gasteiger charge is 2.13. The molecule has 0 bridgehead atoms. The van der Waals surface area contributed by atoms with E-state index in [0.717, 1.165) is 19.3 Å². The van der Waals surface area contributed by atoms with Crippen molar-refractivity contribution in [3.05, 3.63) is 12.2 Å². The first kappa shape index (κ1) is 32.1. The van der Waals surface area contributed by atoms with Crippen LogP contribution in [0, 0.1) is 0 Å². The zero-order valence-corrected chi connectivity index (χ0v) is 22.2. The van der Waals surface area contributed by atoms with E-state index >= 15 is 0 Å². The normalized spacial score (nSPS) is 12.5. The molecule has 0 saturated carbocycles. The van der Waals surface area contributed by atoms with E-state index in [2.05, 4.69) is 26.0 Å². The van der Waals surface area contributed by atoms with E-state index in [9.17, 15) is 9.90 Å². The lowest BCUT2D eigenvalue weighted by Crippen LogP contribution is -2.27. The molecule has 0 aliphatic heterocycles. The molecule has 33 heavy (non-hydrogen) atoms. The Morgan fingerprint density at radius 2 is 1.18 bits per heavy atom. The predicted octanol–water partition coefficient (Wildman–Crippen LogP) is 8.31. The van der Waals surface area contributed by atoms with E-state index < -0.39 is 6.10 Å². The SMILES string of the molecule is CCCCCCCC/C=C\CCCCCCCC(=O)OC(CO)COCCCCCCCC. The average Bonchev–Trinajstić information content (AvgIpc) is 2.82. The highest BCUT2D eigenvalue weighted by Crippen LogP contribution is 2.11. The summed E-state index contributed by atoms with van der Waals surface area (Å²) in [5.41, 5.74) is 0. The zero-order chi connectivity index (χ0) is 24.2. The van der Waals surface area contributed by atoms with E-state index in [-0.39, 0.29) is 12.6 Å². The zero-order valence-electron chi connectivity index (χ0n) is 22.2. The summed E-state index contributed by atoms with van der Waals surface area (Å²) >= 11 is 0. The molecule has 0 radical (unpaired) electrons. The van der Waals surface area contributed by atoms with Gasteiger partial charge in [0, 0.05) is 13.0 Å². The Balaban J connectivity index is 3.46. The number of esters is 1. The molecule has 0 aromatic heterocycles. The van der Waals surface area contributed by atoms with Crippen molar-refractivity contribution >= 4 is 5.97 Å². The molecule has 1 N–H and O–H groups in total. The van der Waals surface area contributed by atoms with Gasteiger partial charge in [-0.3, -0.25) is 4.79 Å². The van der Waals surface area contributed by atoms with Crippen LogP contribution in [-0.2, 0) is 14.3 Å². The van der Waals surface area contributed by atoms with Crippen LogP contribution in [0.2, 0.25) is 0 Å². The van der Waals surface area contributed by atoms with Crippen molar-refractivity contribution in [3.63, 3.8) is 0 Å². The van der Waals surface area contributed by atoms with Gasteiger partial charge in [0.25, 0.3) is 0 Å². The summed E-state index contributed by atoms with van der Waals surface area (Å²) in [6, 6.07) is 0. The van der Waals surface area contributed by atoms with Crippen LogP contribution in [0.3, 0.4) is 0 Å². The number of hydrogen-bond acceptors (Lipinski definition) is 4. The highest BCUT2D eigenvalue weighted by molar-refractivity contribution is 5.69. The Labute approximate surface area is 205 Å². The molecule has 4 heteroatoms. The van der Waals surface area contributed by atoms with E-state index in [1.54, 1.807) is 0 Å². The number of carbonyl (C=O) groups excluding carboxylic acids is 1. The highest BCUT2D eigenvalue weighted by atomic mass is 16.6. The molecule has 0 aromatic carbocycles. The van der Waals surface area contributed by atoms with Crippen LogP contribution in [0.25, 0.3) is 0 Å². The lowest BCUT2D eigenvalue weighted by molar-refractivity contribution is -0.154. The number of aliphatic hydroxyl groups is 1. The third-order valence-corrected chi connectivity index (χ3v) is 6.09. The average molecular weight is 469 g/mol. The fraction of sp³-hybridized carbons (Fsp3) is 0.897. The van der Waals surface area contributed by atoms with Gasteiger partial charge in [-0.25, -0.2) is 0 Å². The smallest absolute Gasteiger partial charge is 0.306 e. The first-order valence-corrected chi connectivity index (χ1v) is 14.3. The summed E-state index contributed by atoms with van der Waals surface area (Å²) in [4.78, 5) is 12.0. The van der Waals surface area contributed by atoms with Crippen molar-refractivity contribution in [2.75, 3.05) is 19.8 Å². The Bertz CT molecular complexity index is 422. The molecule has 1 atom stereocenters. The maximum absolute atomic E-state index is 12.0. The molecule has 1 unspecified atom stereocenters. The van der Waals surface area contributed by atoms with Crippen molar-refractivity contribution in [2.24, 2.45) is 0 Å². The number of hydrogen-bond donors (Lipinski definition) is 1. The molecular formula is C29H56O4. The van der Waals surface area contributed by atoms with Crippen molar-refractivity contribution in [3.8, 4) is 0 Å². The first-order chi connectivity index (χ1) is 16.2. The number of ether oxygens (including phenoxy) is 2. The molecule has 0 aliphatic carbocycles. The minimum atomic E-state index is -0.527. The van der Waals surface area contributed by atoms with E-state index in [4.69, 9.17) is 9.47 Å². The molecule has 0 heterocycles. The topological polar surface area (TPSA) is 55.8 Å². The van der Waals surface area contributed by atoms with Gasteiger partial charge in [-0.05, 0) is 38.5 Å². The summed E-state index contributed by atoms with van der Waals surface area (Å²) in [6.45, 7) is 5.28. The Kier molecular flexibility index (Phi) is 26.7. The largest absolute Gasteiger partial charge is 0.457 e. The summed E-state index contributed by atoms with van der Waals surface area (Å²) < 4.78 is 10.9. The molecule has 196 valence electrons. The van der Waals surface area contributed by atoms with E-state index in [1.165, 1.54) is 103 Å². The molecule has 0 spiro atoms. The number of rotatable bonds is 26. The Hall–Kier alpha value is -0.870. The van der Waals surface area contributed by atoms with E-state index in [1.807, 2.05) is 0 Å². The quantitative estimate of drug-likeness (QED) is 0.0787. The number of carbonyl (C=O) groups is 1. The van der Waals surface area contributed by atoms with Gasteiger partial charge in [0.15, 0.2) is 0 Å². The predicted molar refractivity (Wildman–Crippen MR) is 141 cm³/mol. The molecule has 0 aliphatic rings. The van der Waals surface area contributed by atoms with Crippen molar-refractivity contribution in [1.29, 1.82) is 0 Å². The van der Waals surface area contributed by atoms with Crippen LogP contribution < -0.4 is 0 Å². The summed E-state index contributed by atoms with van der Waals surface area (Å²) in [5, 5.41) is 9.42. The van der Waals surface area contributed by atoms with Crippen LogP contribution in [0.1, 0.15) is 142 Å². The van der Waals surface area contributed by atoms with E-state index in [0.29, 0.717) is 19.6 Å². The molecule has 0 rings (SSSR count). The monoisotopic (exact) mass is 468 g/mol. The molecule has 4 nitrogen and oxygen atoms in total. The number of allylic oxidation sites excluding steroid dienone is 2. The molecule has 0 amide bonds. The van der Waals surface area contributed by atoms with Gasteiger partial charge in [-0.2, -0.15) is 0 Å². The summed E-state index contributed by atoms with van der Waals surface area (Å²) in [7, 11) is 0. The van der Waals surface area contributed by atoms with Crippen LogP contribution in [0.15, 0.2) is 12.2 Å². The van der Waals surface area contributed by atoms with Gasteiger partial charge in [0.2, 0.25) is 0 Å².